The number of para-hydroxylation sites is 1. The summed E-state index contributed by atoms with van der Waals surface area (Å²) in [6.45, 7) is 0. The first kappa shape index (κ1) is 7.56. The minimum Gasteiger partial charge on any atom is -0.398 e. The number of hydrogen-bond acceptors (Lipinski definition) is 4. The zero-order chi connectivity index (χ0) is 8.27. The van der Waals surface area contributed by atoms with Crippen molar-refractivity contribution in [3.8, 4) is 0 Å². The second-order valence-corrected chi connectivity index (χ2v) is 1.99. The van der Waals surface area contributed by atoms with Crippen LogP contribution in [0.15, 0.2) is 24.3 Å². The third kappa shape index (κ3) is 1.47. The van der Waals surface area contributed by atoms with Gasteiger partial charge in [0.15, 0.2) is 0 Å². The molecular weight excluding hydrogens is 144 g/mol. The first-order valence-electron chi connectivity index (χ1n) is 3.01. The maximum absolute atomic E-state index is 10.8. The maximum Gasteiger partial charge on any atom is 0.358 e. The fraction of sp³-hybridized carbons (Fsp3) is 0. The molecule has 0 radical (unpaired) electrons. The van der Waals surface area contributed by atoms with Gasteiger partial charge in [0.1, 0.15) is 0 Å². The largest absolute Gasteiger partial charge is 0.398 e. The van der Waals surface area contributed by atoms with Gasteiger partial charge in [-0.15, -0.1) is 0 Å². The number of benzene rings is 1. The van der Waals surface area contributed by atoms with Crippen molar-refractivity contribution in [3.05, 3.63) is 29.8 Å². The minimum atomic E-state index is -0.622. The SMILES string of the molecule is NOC(=O)c1ccccc1N. The van der Waals surface area contributed by atoms with Crippen molar-refractivity contribution in [2.24, 2.45) is 5.90 Å². The van der Waals surface area contributed by atoms with E-state index >= 15 is 0 Å². The van der Waals surface area contributed by atoms with Crippen LogP contribution in [-0.4, -0.2) is 5.97 Å². The Bertz CT molecular complexity index is 273. The van der Waals surface area contributed by atoms with Gasteiger partial charge in [-0.1, -0.05) is 12.1 Å². The van der Waals surface area contributed by atoms with Crippen LogP contribution in [0, 0.1) is 0 Å². The van der Waals surface area contributed by atoms with E-state index in [0.29, 0.717) is 5.69 Å². The molecule has 0 amide bonds. The van der Waals surface area contributed by atoms with Crippen LogP contribution in [0.3, 0.4) is 0 Å². The van der Waals surface area contributed by atoms with Gasteiger partial charge in [0.05, 0.1) is 5.56 Å². The number of nitrogens with two attached hydrogens (primary N) is 2. The Morgan fingerprint density at radius 2 is 2.00 bits per heavy atom. The molecule has 4 N–H and O–H groups in total. The average molecular weight is 152 g/mol. The van der Waals surface area contributed by atoms with E-state index in [4.69, 9.17) is 5.73 Å². The zero-order valence-electron chi connectivity index (χ0n) is 5.78. The molecule has 0 spiro atoms. The number of anilines is 1. The Kier molecular flexibility index (Phi) is 2.08. The molecule has 4 heteroatoms. The lowest BCUT2D eigenvalue weighted by molar-refractivity contribution is 0.0504. The summed E-state index contributed by atoms with van der Waals surface area (Å²) in [7, 11) is 0. The Morgan fingerprint density at radius 1 is 1.36 bits per heavy atom. The summed E-state index contributed by atoms with van der Waals surface area (Å²) >= 11 is 0. The fourth-order valence-electron chi connectivity index (χ4n) is 0.746. The van der Waals surface area contributed by atoms with Gasteiger partial charge in [0.2, 0.25) is 0 Å². The molecule has 11 heavy (non-hydrogen) atoms. The Balaban J connectivity index is 3.03. The third-order valence-corrected chi connectivity index (χ3v) is 1.29. The van der Waals surface area contributed by atoms with Crippen LogP contribution in [0.2, 0.25) is 0 Å². The molecule has 1 rings (SSSR count). The Morgan fingerprint density at radius 3 is 2.55 bits per heavy atom. The van der Waals surface area contributed by atoms with Gasteiger partial charge >= 0.3 is 5.97 Å². The van der Waals surface area contributed by atoms with Crippen LogP contribution < -0.4 is 11.6 Å². The predicted octanol–water partition coefficient (Wildman–Crippen LogP) is 0.299. The second-order valence-electron chi connectivity index (χ2n) is 1.99. The van der Waals surface area contributed by atoms with Crippen LogP contribution >= 0.6 is 0 Å². The van der Waals surface area contributed by atoms with E-state index in [2.05, 4.69) is 10.7 Å². The zero-order valence-corrected chi connectivity index (χ0v) is 5.78. The van der Waals surface area contributed by atoms with E-state index in [1.165, 1.54) is 0 Å². The molecule has 0 unspecified atom stereocenters. The first-order valence-corrected chi connectivity index (χ1v) is 3.01. The van der Waals surface area contributed by atoms with Crippen molar-refractivity contribution < 1.29 is 9.63 Å². The minimum absolute atomic E-state index is 0.287. The van der Waals surface area contributed by atoms with Crippen molar-refractivity contribution >= 4 is 11.7 Å². The normalized spacial score (nSPS) is 9.18. The molecule has 58 valence electrons. The highest BCUT2D eigenvalue weighted by atomic mass is 16.7. The van der Waals surface area contributed by atoms with Crippen LogP contribution in [0.1, 0.15) is 10.4 Å². The molecular formula is C7H8N2O2. The van der Waals surface area contributed by atoms with Crippen LogP contribution in [-0.2, 0) is 4.84 Å². The molecule has 0 atom stereocenters. The van der Waals surface area contributed by atoms with E-state index in [1.54, 1.807) is 24.3 Å². The summed E-state index contributed by atoms with van der Waals surface area (Å²) in [4.78, 5) is 14.8. The van der Waals surface area contributed by atoms with Gasteiger partial charge in [-0.2, -0.15) is 5.90 Å². The standard InChI is InChI=1S/C7H8N2O2/c8-6-4-2-1-3-5(6)7(10)11-9/h1-4H,8-9H2. The smallest absolute Gasteiger partial charge is 0.358 e. The summed E-state index contributed by atoms with van der Waals surface area (Å²) in [5.41, 5.74) is 6.09. The molecule has 0 aromatic heterocycles. The number of nitrogen functional groups attached to an aromatic ring is 1. The molecule has 0 saturated heterocycles. The second kappa shape index (κ2) is 3.03. The monoisotopic (exact) mass is 152 g/mol. The lowest BCUT2D eigenvalue weighted by atomic mass is 10.2. The van der Waals surface area contributed by atoms with Crippen LogP contribution in [0.25, 0.3) is 0 Å². The van der Waals surface area contributed by atoms with E-state index < -0.39 is 5.97 Å². The summed E-state index contributed by atoms with van der Waals surface area (Å²) in [6.07, 6.45) is 0. The van der Waals surface area contributed by atoms with Gasteiger partial charge in [-0.25, -0.2) is 4.79 Å². The topological polar surface area (TPSA) is 78.3 Å². The molecule has 0 saturated carbocycles. The molecule has 0 aliphatic heterocycles. The molecule has 1 aromatic carbocycles. The molecule has 0 fully saturated rings. The van der Waals surface area contributed by atoms with Gasteiger partial charge in [0.25, 0.3) is 0 Å². The van der Waals surface area contributed by atoms with Crippen molar-refractivity contribution in [3.63, 3.8) is 0 Å². The molecule has 1 aromatic rings. The lowest BCUT2D eigenvalue weighted by Crippen LogP contribution is -2.11. The van der Waals surface area contributed by atoms with Crippen molar-refractivity contribution in [1.29, 1.82) is 0 Å². The van der Waals surface area contributed by atoms with Gasteiger partial charge in [0, 0.05) is 5.69 Å². The Hall–Kier alpha value is -1.55. The summed E-state index contributed by atoms with van der Waals surface area (Å²) in [5, 5.41) is 0. The number of hydrogen-bond donors (Lipinski definition) is 2. The van der Waals surface area contributed by atoms with E-state index in [-0.39, 0.29) is 5.56 Å². The molecule has 0 heterocycles. The van der Waals surface area contributed by atoms with E-state index in [0.717, 1.165) is 0 Å². The highest BCUT2D eigenvalue weighted by molar-refractivity contribution is 5.94. The van der Waals surface area contributed by atoms with Crippen molar-refractivity contribution in [2.45, 2.75) is 0 Å². The van der Waals surface area contributed by atoms with Crippen molar-refractivity contribution in [1.82, 2.24) is 0 Å². The van der Waals surface area contributed by atoms with Gasteiger partial charge in [-0.3, -0.25) is 0 Å². The fourth-order valence-corrected chi connectivity index (χ4v) is 0.746. The van der Waals surface area contributed by atoms with E-state index in [9.17, 15) is 4.79 Å². The Labute approximate surface area is 63.7 Å². The summed E-state index contributed by atoms with van der Waals surface area (Å²) in [6, 6.07) is 6.56. The third-order valence-electron chi connectivity index (χ3n) is 1.29. The molecule has 0 aliphatic carbocycles. The lowest BCUT2D eigenvalue weighted by Gasteiger charge is -2.00. The predicted molar refractivity (Wildman–Crippen MR) is 40.5 cm³/mol. The van der Waals surface area contributed by atoms with Gasteiger partial charge < -0.3 is 10.6 Å². The van der Waals surface area contributed by atoms with Gasteiger partial charge in [-0.05, 0) is 12.1 Å². The maximum atomic E-state index is 10.8. The number of rotatable bonds is 1. The van der Waals surface area contributed by atoms with E-state index in [1.807, 2.05) is 0 Å². The first-order chi connectivity index (χ1) is 5.25. The van der Waals surface area contributed by atoms with Crippen LogP contribution in [0.4, 0.5) is 5.69 Å². The molecule has 4 nitrogen and oxygen atoms in total. The highest BCUT2D eigenvalue weighted by Gasteiger charge is 2.07. The molecule has 0 aliphatic rings. The number of carbonyl (C=O) groups excluding carboxylic acids is 1. The summed E-state index contributed by atoms with van der Waals surface area (Å²) < 4.78 is 0. The highest BCUT2D eigenvalue weighted by Crippen LogP contribution is 2.10. The van der Waals surface area contributed by atoms with Crippen LogP contribution in [0.5, 0.6) is 0 Å². The molecule has 0 bridgehead atoms. The average Bonchev–Trinajstić information content (AvgIpc) is 2.04. The van der Waals surface area contributed by atoms with Crippen molar-refractivity contribution in [2.75, 3.05) is 5.73 Å². The quantitative estimate of drug-likeness (QED) is 0.448. The summed E-state index contributed by atoms with van der Waals surface area (Å²) in [5.74, 6) is 4.05. The number of carbonyl (C=O) groups is 1.